The summed E-state index contributed by atoms with van der Waals surface area (Å²) in [6, 6.07) is 8.68. The average molecular weight is 326 g/mol. The number of methoxy groups -OCH3 is 2. The van der Waals surface area contributed by atoms with Crippen molar-refractivity contribution in [2.45, 2.75) is 23.5 Å². The SMILES string of the molecule is COC(=O)C(C)c1cc(SC(F)F)c2cc(OC)ccc2c1. The van der Waals surface area contributed by atoms with Crippen molar-refractivity contribution in [2.75, 3.05) is 14.2 Å². The van der Waals surface area contributed by atoms with E-state index in [1.807, 2.05) is 6.07 Å². The van der Waals surface area contributed by atoms with Crippen LogP contribution in [0, 0.1) is 0 Å². The van der Waals surface area contributed by atoms with Crippen molar-refractivity contribution in [1.82, 2.24) is 0 Å². The summed E-state index contributed by atoms with van der Waals surface area (Å²) in [5, 5.41) is 1.45. The standard InChI is InChI=1S/C16H16F2O3S/c1-9(15(19)21-3)11-6-10-4-5-12(20-2)8-13(10)14(7-11)22-16(17)18/h4-9,16H,1-3H3. The van der Waals surface area contributed by atoms with Gasteiger partial charge in [-0.15, -0.1) is 0 Å². The van der Waals surface area contributed by atoms with Crippen molar-refractivity contribution >= 4 is 28.5 Å². The molecule has 2 rings (SSSR count). The maximum Gasteiger partial charge on any atom is 0.312 e. The Morgan fingerprint density at radius 1 is 1.18 bits per heavy atom. The van der Waals surface area contributed by atoms with E-state index in [1.165, 1.54) is 14.2 Å². The molecule has 1 unspecified atom stereocenters. The topological polar surface area (TPSA) is 35.5 Å². The third-order valence-corrected chi connectivity index (χ3v) is 4.19. The second-order valence-electron chi connectivity index (χ2n) is 4.73. The minimum atomic E-state index is -2.54. The van der Waals surface area contributed by atoms with Gasteiger partial charge in [0, 0.05) is 4.90 Å². The monoisotopic (exact) mass is 326 g/mol. The van der Waals surface area contributed by atoms with Crippen LogP contribution in [0.1, 0.15) is 18.4 Å². The smallest absolute Gasteiger partial charge is 0.312 e. The molecule has 0 aromatic heterocycles. The third-order valence-electron chi connectivity index (χ3n) is 3.42. The molecule has 2 aromatic rings. The average Bonchev–Trinajstić information content (AvgIpc) is 2.52. The number of carbonyl (C=O) groups excluding carboxylic acids is 1. The fourth-order valence-electron chi connectivity index (χ4n) is 2.21. The molecule has 0 amide bonds. The van der Waals surface area contributed by atoms with E-state index in [9.17, 15) is 13.6 Å². The lowest BCUT2D eigenvalue weighted by Gasteiger charge is -2.14. The molecule has 0 radical (unpaired) electrons. The van der Waals surface area contributed by atoms with Gasteiger partial charge >= 0.3 is 5.97 Å². The van der Waals surface area contributed by atoms with Gasteiger partial charge in [-0.1, -0.05) is 23.9 Å². The Labute approximate surface area is 131 Å². The number of alkyl halides is 2. The molecule has 2 aromatic carbocycles. The first-order chi connectivity index (χ1) is 10.5. The number of hydrogen-bond acceptors (Lipinski definition) is 4. The Hall–Kier alpha value is -1.82. The Bertz CT molecular complexity index is 688. The highest BCUT2D eigenvalue weighted by molar-refractivity contribution is 7.99. The molecule has 0 spiro atoms. The highest BCUT2D eigenvalue weighted by atomic mass is 32.2. The van der Waals surface area contributed by atoms with E-state index in [1.54, 1.807) is 31.2 Å². The van der Waals surface area contributed by atoms with Crippen LogP contribution in [0.5, 0.6) is 5.75 Å². The zero-order valence-corrected chi connectivity index (χ0v) is 13.2. The largest absolute Gasteiger partial charge is 0.497 e. The van der Waals surface area contributed by atoms with Gasteiger partial charge in [0.1, 0.15) is 5.75 Å². The van der Waals surface area contributed by atoms with Gasteiger partial charge in [-0.3, -0.25) is 4.79 Å². The van der Waals surface area contributed by atoms with Crippen molar-refractivity contribution < 1.29 is 23.0 Å². The van der Waals surface area contributed by atoms with Gasteiger partial charge in [-0.25, -0.2) is 0 Å². The predicted octanol–water partition coefficient (Wildman–Crippen LogP) is 4.44. The molecule has 0 bridgehead atoms. The summed E-state index contributed by atoms with van der Waals surface area (Å²) < 4.78 is 35.5. The molecule has 22 heavy (non-hydrogen) atoms. The number of thioether (sulfide) groups is 1. The van der Waals surface area contributed by atoms with Gasteiger partial charge in [0.05, 0.1) is 20.1 Å². The molecule has 0 aliphatic heterocycles. The summed E-state index contributed by atoms with van der Waals surface area (Å²) in [7, 11) is 2.83. The maximum atomic E-state index is 12.8. The molecule has 0 saturated carbocycles. The summed E-state index contributed by atoms with van der Waals surface area (Å²) >= 11 is 0.457. The number of halogens is 2. The zero-order valence-electron chi connectivity index (χ0n) is 12.4. The van der Waals surface area contributed by atoms with Crippen molar-refractivity contribution in [3.63, 3.8) is 0 Å². The second kappa shape index (κ2) is 6.96. The molecule has 6 heteroatoms. The van der Waals surface area contributed by atoms with E-state index in [-0.39, 0.29) is 0 Å². The Morgan fingerprint density at radius 3 is 2.50 bits per heavy atom. The summed E-state index contributed by atoms with van der Waals surface area (Å²) in [4.78, 5) is 12.1. The highest BCUT2D eigenvalue weighted by Crippen LogP contribution is 2.36. The molecule has 0 fully saturated rings. The van der Waals surface area contributed by atoms with Crippen molar-refractivity contribution in [3.05, 3.63) is 35.9 Å². The van der Waals surface area contributed by atoms with Crippen LogP contribution >= 0.6 is 11.8 Å². The molecule has 0 aliphatic carbocycles. The highest BCUT2D eigenvalue weighted by Gasteiger charge is 2.19. The van der Waals surface area contributed by atoms with Crippen molar-refractivity contribution in [3.8, 4) is 5.75 Å². The molecule has 0 heterocycles. The number of hydrogen-bond donors (Lipinski definition) is 0. The Kier molecular flexibility index (Phi) is 5.24. The number of fused-ring (bicyclic) bond motifs is 1. The molecular formula is C16H16F2O3S. The number of benzene rings is 2. The van der Waals surface area contributed by atoms with Crippen molar-refractivity contribution in [2.24, 2.45) is 0 Å². The Morgan fingerprint density at radius 2 is 1.91 bits per heavy atom. The maximum absolute atomic E-state index is 12.8. The van der Waals surface area contributed by atoms with E-state index >= 15 is 0 Å². The van der Waals surface area contributed by atoms with Crippen LogP contribution in [0.2, 0.25) is 0 Å². The number of carbonyl (C=O) groups is 1. The van der Waals surface area contributed by atoms with Gasteiger partial charge in [-0.2, -0.15) is 8.78 Å². The van der Waals surface area contributed by atoms with Gasteiger partial charge < -0.3 is 9.47 Å². The van der Waals surface area contributed by atoms with Crippen LogP contribution in [-0.4, -0.2) is 25.9 Å². The Balaban J connectivity index is 2.59. The molecule has 0 saturated heterocycles. The molecule has 1 atom stereocenters. The normalized spacial score (nSPS) is 12.5. The van der Waals surface area contributed by atoms with E-state index < -0.39 is 17.6 Å². The lowest BCUT2D eigenvalue weighted by Crippen LogP contribution is -2.10. The number of esters is 1. The first-order valence-electron chi connectivity index (χ1n) is 6.60. The quantitative estimate of drug-likeness (QED) is 0.601. The minimum absolute atomic E-state index is 0.402. The summed E-state index contributed by atoms with van der Waals surface area (Å²) in [6.07, 6.45) is 0. The number of ether oxygens (including phenoxy) is 2. The second-order valence-corrected chi connectivity index (χ2v) is 5.76. The van der Waals surface area contributed by atoms with E-state index in [0.717, 1.165) is 5.39 Å². The summed E-state index contributed by atoms with van der Waals surface area (Å²) in [6.45, 7) is 1.69. The van der Waals surface area contributed by atoms with Gasteiger partial charge in [0.25, 0.3) is 5.76 Å². The fourth-order valence-corrected chi connectivity index (χ4v) is 2.91. The first kappa shape index (κ1) is 16.5. The summed E-state index contributed by atoms with van der Waals surface area (Å²) in [5.74, 6) is -2.87. The minimum Gasteiger partial charge on any atom is -0.497 e. The predicted molar refractivity (Wildman–Crippen MR) is 82.8 cm³/mol. The van der Waals surface area contributed by atoms with Crippen molar-refractivity contribution in [1.29, 1.82) is 0 Å². The molecule has 3 nitrogen and oxygen atoms in total. The van der Waals surface area contributed by atoms with Gasteiger partial charge in [-0.05, 0) is 41.5 Å². The van der Waals surface area contributed by atoms with Gasteiger partial charge in [0.15, 0.2) is 0 Å². The van der Waals surface area contributed by atoms with Crippen LogP contribution in [0.15, 0.2) is 35.2 Å². The lowest BCUT2D eigenvalue weighted by molar-refractivity contribution is -0.141. The van der Waals surface area contributed by atoms with Crippen LogP contribution in [0.3, 0.4) is 0 Å². The van der Waals surface area contributed by atoms with E-state index in [2.05, 4.69) is 0 Å². The zero-order chi connectivity index (χ0) is 16.3. The molecule has 0 aliphatic rings. The van der Waals surface area contributed by atoms with Crippen LogP contribution in [-0.2, 0) is 9.53 Å². The number of rotatable bonds is 5. The van der Waals surface area contributed by atoms with Crippen LogP contribution in [0.4, 0.5) is 8.78 Å². The van der Waals surface area contributed by atoms with Crippen LogP contribution in [0.25, 0.3) is 10.8 Å². The summed E-state index contributed by atoms with van der Waals surface area (Å²) in [5.41, 5.74) is 0.646. The molecule has 0 N–H and O–H groups in total. The fraction of sp³-hybridized carbons (Fsp3) is 0.312. The van der Waals surface area contributed by atoms with Crippen LogP contribution < -0.4 is 4.74 Å². The van der Waals surface area contributed by atoms with E-state index in [4.69, 9.17) is 9.47 Å². The lowest BCUT2D eigenvalue weighted by atomic mass is 9.97. The van der Waals surface area contributed by atoms with E-state index in [0.29, 0.717) is 33.4 Å². The first-order valence-corrected chi connectivity index (χ1v) is 7.48. The third kappa shape index (κ3) is 3.50. The molecular weight excluding hydrogens is 310 g/mol. The molecule has 118 valence electrons. The van der Waals surface area contributed by atoms with Gasteiger partial charge in [0.2, 0.25) is 0 Å².